The van der Waals surface area contributed by atoms with Gasteiger partial charge in [0.1, 0.15) is 11.1 Å². The summed E-state index contributed by atoms with van der Waals surface area (Å²) in [6.07, 6.45) is 2.22. The number of amides is 2. The first-order chi connectivity index (χ1) is 14.5. The van der Waals surface area contributed by atoms with Gasteiger partial charge < -0.3 is 14.5 Å². The first-order valence-corrected chi connectivity index (χ1v) is 11.5. The number of hydrogen-bond acceptors (Lipinski definition) is 5. The van der Waals surface area contributed by atoms with E-state index in [9.17, 15) is 9.59 Å². The Labute approximate surface area is 181 Å². The van der Waals surface area contributed by atoms with E-state index < -0.39 is 0 Å². The minimum Gasteiger partial charge on any atom is -0.444 e. The van der Waals surface area contributed by atoms with Crippen molar-refractivity contribution in [2.45, 2.75) is 25.9 Å². The molecule has 6 nitrogen and oxygen atoms in total. The second kappa shape index (κ2) is 7.71. The van der Waals surface area contributed by atoms with Crippen molar-refractivity contribution in [3.63, 3.8) is 0 Å². The van der Waals surface area contributed by atoms with E-state index in [-0.39, 0.29) is 18.1 Å². The fourth-order valence-corrected chi connectivity index (χ4v) is 6.00. The van der Waals surface area contributed by atoms with Crippen LogP contribution in [0.4, 0.5) is 15.5 Å². The molecule has 4 saturated heterocycles. The Morgan fingerprint density at radius 3 is 2.67 bits per heavy atom. The van der Waals surface area contributed by atoms with Crippen molar-refractivity contribution >= 4 is 34.0 Å². The number of anilines is 2. The highest BCUT2D eigenvalue weighted by Gasteiger charge is 2.45. The normalized spacial score (nSPS) is 27.9. The van der Waals surface area contributed by atoms with Crippen LogP contribution >= 0.6 is 11.3 Å². The molecule has 0 aliphatic carbocycles. The van der Waals surface area contributed by atoms with E-state index in [1.165, 1.54) is 25.9 Å². The zero-order chi connectivity index (χ0) is 20.8. The van der Waals surface area contributed by atoms with Crippen molar-refractivity contribution in [1.82, 2.24) is 4.90 Å². The van der Waals surface area contributed by atoms with Crippen LogP contribution in [0, 0.1) is 11.8 Å². The van der Waals surface area contributed by atoms with Crippen LogP contribution in [-0.2, 0) is 9.53 Å². The quantitative estimate of drug-likeness (QED) is 0.741. The van der Waals surface area contributed by atoms with Gasteiger partial charge in [0.25, 0.3) is 0 Å². The number of ether oxygens (including phenoxy) is 1. The number of benzene rings is 1. The molecule has 0 saturated carbocycles. The summed E-state index contributed by atoms with van der Waals surface area (Å²) >= 11 is 1.59. The van der Waals surface area contributed by atoms with E-state index in [1.54, 1.807) is 35.1 Å². The highest BCUT2D eigenvalue weighted by atomic mass is 32.1. The Bertz CT molecular complexity index is 966. The zero-order valence-electron chi connectivity index (χ0n) is 17.4. The molecule has 6 rings (SSSR count). The van der Waals surface area contributed by atoms with Gasteiger partial charge in [0, 0.05) is 37.0 Å². The molecule has 0 spiro atoms. The molecule has 1 aromatic heterocycles. The van der Waals surface area contributed by atoms with Crippen LogP contribution < -0.4 is 9.80 Å². The lowest BCUT2D eigenvalue weighted by atomic mass is 9.76. The van der Waals surface area contributed by atoms with Gasteiger partial charge in [-0.25, -0.2) is 4.79 Å². The van der Waals surface area contributed by atoms with E-state index in [0.29, 0.717) is 18.4 Å². The molecule has 0 N–H and O–H groups in total. The predicted molar refractivity (Wildman–Crippen MR) is 119 cm³/mol. The number of piperidine rings is 3. The summed E-state index contributed by atoms with van der Waals surface area (Å²) in [4.78, 5) is 31.3. The van der Waals surface area contributed by atoms with Crippen LogP contribution in [0.2, 0.25) is 0 Å². The van der Waals surface area contributed by atoms with Crippen molar-refractivity contribution in [3.05, 3.63) is 36.4 Å². The van der Waals surface area contributed by atoms with Crippen LogP contribution in [0.1, 0.15) is 19.8 Å². The number of nitrogens with zero attached hydrogens (tertiary/aromatic N) is 3. The number of fused-ring (bicyclic) bond motifs is 3. The number of carbonyl (C=O) groups is 2. The first-order valence-electron chi connectivity index (χ1n) is 10.6. The minimum absolute atomic E-state index is 0.00221. The Kier molecular flexibility index (Phi) is 5.03. The molecule has 158 valence electrons. The molecule has 1 aromatic carbocycles. The topological polar surface area (TPSA) is 53.1 Å². The molecule has 2 bridgehead atoms. The molecule has 4 aliphatic rings. The zero-order valence-corrected chi connectivity index (χ0v) is 18.2. The molecule has 0 radical (unpaired) electrons. The van der Waals surface area contributed by atoms with Crippen molar-refractivity contribution in [3.8, 4) is 10.4 Å². The molecular weight excluding hydrogens is 398 g/mol. The molecule has 4 aliphatic heterocycles. The lowest BCUT2D eigenvalue weighted by Gasteiger charge is -2.46. The number of carbonyl (C=O) groups excluding carboxylic acids is 2. The summed E-state index contributed by atoms with van der Waals surface area (Å²) in [6, 6.07) is 12.0. The van der Waals surface area contributed by atoms with Crippen LogP contribution in [0.5, 0.6) is 0 Å². The summed E-state index contributed by atoms with van der Waals surface area (Å²) in [6.45, 7) is 5.64. The van der Waals surface area contributed by atoms with Gasteiger partial charge in [-0.15, -0.1) is 11.3 Å². The van der Waals surface area contributed by atoms with Crippen molar-refractivity contribution in [2.24, 2.45) is 11.8 Å². The van der Waals surface area contributed by atoms with Gasteiger partial charge in [0.2, 0.25) is 5.91 Å². The van der Waals surface area contributed by atoms with Gasteiger partial charge in [-0.1, -0.05) is 12.1 Å². The summed E-state index contributed by atoms with van der Waals surface area (Å²) in [7, 11) is 1.77. The largest absolute Gasteiger partial charge is 0.444 e. The third-order valence-electron chi connectivity index (χ3n) is 6.87. The van der Waals surface area contributed by atoms with E-state index in [1.807, 2.05) is 36.4 Å². The average molecular weight is 426 g/mol. The van der Waals surface area contributed by atoms with E-state index >= 15 is 0 Å². The highest BCUT2D eigenvalue weighted by molar-refractivity contribution is 7.19. The number of cyclic esters (lactones) is 1. The van der Waals surface area contributed by atoms with Gasteiger partial charge in [-0.05, 0) is 61.7 Å². The number of thiophene rings is 1. The lowest BCUT2D eigenvalue weighted by Crippen LogP contribution is -2.52. The Morgan fingerprint density at radius 2 is 1.97 bits per heavy atom. The molecule has 2 atom stereocenters. The van der Waals surface area contributed by atoms with Crippen molar-refractivity contribution in [1.29, 1.82) is 0 Å². The van der Waals surface area contributed by atoms with Gasteiger partial charge >= 0.3 is 6.09 Å². The molecule has 2 amide bonds. The number of hydrogen-bond donors (Lipinski definition) is 0. The average Bonchev–Trinajstić information content (AvgIpc) is 3.41. The Morgan fingerprint density at radius 1 is 1.17 bits per heavy atom. The third-order valence-corrected chi connectivity index (χ3v) is 8.02. The Hall–Kier alpha value is -2.38. The summed E-state index contributed by atoms with van der Waals surface area (Å²) in [5.74, 6) is 1.14. The fraction of sp³-hybridized carbons (Fsp3) is 0.478. The molecule has 5 heterocycles. The molecule has 2 aromatic rings. The van der Waals surface area contributed by atoms with Crippen LogP contribution in [0.3, 0.4) is 0 Å². The maximum absolute atomic E-state index is 12.7. The van der Waals surface area contributed by atoms with E-state index in [2.05, 4.69) is 4.90 Å². The van der Waals surface area contributed by atoms with Gasteiger partial charge in [-0.3, -0.25) is 9.69 Å². The van der Waals surface area contributed by atoms with E-state index in [0.717, 1.165) is 27.7 Å². The summed E-state index contributed by atoms with van der Waals surface area (Å²) in [5.41, 5.74) is 1.90. The van der Waals surface area contributed by atoms with Crippen LogP contribution in [-0.4, -0.2) is 56.2 Å². The smallest absolute Gasteiger partial charge is 0.415 e. The standard InChI is InChI=1S/C23H27N3O3S/c1-15(27)24(2)18-5-3-4-17(12-18)21-6-7-22(30-21)26-14-20(29-23(26)28)19-13-25-10-8-16(19)9-11-25/h3-7,12,16,19-20H,8-11,13-14H2,1-2H3. The Balaban J connectivity index is 1.33. The monoisotopic (exact) mass is 425 g/mol. The third kappa shape index (κ3) is 3.50. The molecule has 2 unspecified atom stereocenters. The fourth-order valence-electron chi connectivity index (χ4n) is 5.00. The van der Waals surface area contributed by atoms with Gasteiger partial charge in [0.05, 0.1) is 6.54 Å². The van der Waals surface area contributed by atoms with Crippen LogP contribution in [0.15, 0.2) is 36.4 Å². The van der Waals surface area contributed by atoms with Crippen LogP contribution in [0.25, 0.3) is 10.4 Å². The van der Waals surface area contributed by atoms with Crippen molar-refractivity contribution in [2.75, 3.05) is 43.0 Å². The molecule has 4 fully saturated rings. The lowest BCUT2D eigenvalue weighted by molar-refractivity contribution is -0.116. The first kappa shape index (κ1) is 19.6. The maximum atomic E-state index is 12.7. The van der Waals surface area contributed by atoms with Crippen molar-refractivity contribution < 1.29 is 14.3 Å². The maximum Gasteiger partial charge on any atom is 0.415 e. The molecular formula is C23H27N3O3S. The predicted octanol–water partition coefficient (Wildman–Crippen LogP) is 4.06. The SMILES string of the molecule is CC(=O)N(C)c1cccc(-c2ccc(N3CC(C4CN5CCC4CC5)OC3=O)s2)c1. The van der Waals surface area contributed by atoms with E-state index in [4.69, 9.17) is 4.74 Å². The van der Waals surface area contributed by atoms with Gasteiger partial charge in [0.15, 0.2) is 0 Å². The second-order valence-electron chi connectivity index (χ2n) is 8.60. The minimum atomic E-state index is -0.227. The summed E-state index contributed by atoms with van der Waals surface area (Å²) in [5, 5.41) is 0.920. The summed E-state index contributed by atoms with van der Waals surface area (Å²) < 4.78 is 5.84. The number of rotatable bonds is 4. The second-order valence-corrected chi connectivity index (χ2v) is 9.66. The van der Waals surface area contributed by atoms with Gasteiger partial charge in [-0.2, -0.15) is 0 Å². The molecule has 7 heteroatoms. The molecule has 30 heavy (non-hydrogen) atoms. The highest BCUT2D eigenvalue weighted by Crippen LogP contribution is 2.40.